The molecule has 0 aliphatic carbocycles. The van der Waals surface area contributed by atoms with E-state index in [1.54, 1.807) is 24.1 Å². The Labute approximate surface area is 182 Å². The zero-order chi connectivity index (χ0) is 22.2. The molecule has 1 aliphatic heterocycles. The Kier molecular flexibility index (Phi) is 5.59. The molecule has 2 aromatic carbocycles. The fourth-order valence-corrected chi connectivity index (χ4v) is 5.06. The molecular weight excluding hydrogens is 408 g/mol. The first kappa shape index (κ1) is 21.1. The maximum atomic E-state index is 12.8. The molecule has 0 radical (unpaired) electrons. The summed E-state index contributed by atoms with van der Waals surface area (Å²) in [6, 6.07) is 17.9. The van der Waals surface area contributed by atoms with Crippen LogP contribution in [0.3, 0.4) is 0 Å². The quantitative estimate of drug-likeness (QED) is 0.620. The van der Waals surface area contributed by atoms with Gasteiger partial charge >= 0.3 is 0 Å². The highest BCUT2D eigenvalue weighted by Gasteiger charge is 2.26. The predicted molar refractivity (Wildman–Crippen MR) is 127 cm³/mol. The fourth-order valence-electron chi connectivity index (χ4n) is 4.43. The Hall–Kier alpha value is -3.11. The molecule has 0 atom stereocenters. The summed E-state index contributed by atoms with van der Waals surface area (Å²) < 4.78 is 17.9. The van der Waals surface area contributed by atoms with Gasteiger partial charge in [-0.05, 0) is 42.5 Å². The molecule has 0 bridgehead atoms. The summed E-state index contributed by atoms with van der Waals surface area (Å²) in [5.74, 6) is 0.361. The third-order valence-electron chi connectivity index (χ3n) is 5.87. The van der Waals surface area contributed by atoms with Crippen molar-refractivity contribution < 1.29 is 4.21 Å². The van der Waals surface area contributed by atoms with Crippen LogP contribution in [-0.4, -0.2) is 34.4 Å². The maximum absolute atomic E-state index is 12.8. The van der Waals surface area contributed by atoms with E-state index < -0.39 is 9.73 Å². The zero-order valence-electron chi connectivity index (χ0n) is 18.0. The number of piperidine rings is 1. The summed E-state index contributed by atoms with van der Waals surface area (Å²) in [7, 11) is -0.488. The summed E-state index contributed by atoms with van der Waals surface area (Å²) in [5.41, 5.74) is 3.48. The molecule has 3 aromatic rings. The smallest absolute Gasteiger partial charge is 0.270 e. The highest BCUT2D eigenvalue weighted by molar-refractivity contribution is 7.92. The van der Waals surface area contributed by atoms with Crippen LogP contribution in [0, 0.1) is 11.3 Å². The number of pyridine rings is 1. The number of hydrogen-bond acceptors (Lipinski definition) is 5. The van der Waals surface area contributed by atoms with Crippen LogP contribution in [0.25, 0.3) is 10.9 Å². The van der Waals surface area contributed by atoms with Gasteiger partial charge in [0.2, 0.25) is 0 Å². The molecular formula is C24H26N4O2S. The highest BCUT2D eigenvalue weighted by atomic mass is 32.2. The zero-order valence-corrected chi connectivity index (χ0v) is 18.9. The van der Waals surface area contributed by atoms with Gasteiger partial charge in [-0.2, -0.15) is 9.62 Å². The minimum absolute atomic E-state index is 0.209. The van der Waals surface area contributed by atoms with Gasteiger partial charge in [0.1, 0.15) is 11.6 Å². The number of para-hydroxylation sites is 1. The van der Waals surface area contributed by atoms with Crippen molar-refractivity contribution in [2.45, 2.75) is 18.8 Å². The number of aryl methyl sites for hydroxylation is 1. The number of hydrogen-bond donors (Lipinski definition) is 0. The topological polar surface area (TPSA) is 78.5 Å². The summed E-state index contributed by atoms with van der Waals surface area (Å²) >= 11 is 0. The van der Waals surface area contributed by atoms with E-state index in [4.69, 9.17) is 0 Å². The van der Waals surface area contributed by atoms with Crippen molar-refractivity contribution in [2.75, 3.05) is 30.5 Å². The standard InChI is InChI=1S/C24H26N4O2S/c1-27-22-10-5-4-9-20(22)23(21(16-25)24(27)29)28-13-11-17(12-14-28)18-7-6-8-19(15-18)26-31(2,3)30/h4-10,15,17H,11-14H2,1-3H3. The lowest BCUT2D eigenvalue weighted by Gasteiger charge is -2.35. The van der Waals surface area contributed by atoms with Crippen LogP contribution in [0.5, 0.6) is 0 Å². The fraction of sp³-hybridized carbons (Fsp3) is 0.333. The molecule has 0 saturated carbocycles. The third kappa shape index (κ3) is 4.21. The molecule has 4 rings (SSSR count). The van der Waals surface area contributed by atoms with E-state index in [2.05, 4.69) is 21.4 Å². The molecule has 0 N–H and O–H groups in total. The van der Waals surface area contributed by atoms with E-state index in [-0.39, 0.29) is 11.1 Å². The largest absolute Gasteiger partial charge is 0.370 e. The minimum Gasteiger partial charge on any atom is -0.370 e. The van der Waals surface area contributed by atoms with E-state index in [1.165, 1.54) is 5.56 Å². The molecule has 0 amide bonds. The van der Waals surface area contributed by atoms with Gasteiger partial charge in [0.05, 0.1) is 16.9 Å². The normalized spacial score (nSPS) is 15.1. The molecule has 160 valence electrons. The van der Waals surface area contributed by atoms with Gasteiger partial charge < -0.3 is 9.47 Å². The maximum Gasteiger partial charge on any atom is 0.270 e. The van der Waals surface area contributed by atoms with Crippen molar-refractivity contribution in [3.8, 4) is 6.07 Å². The molecule has 1 saturated heterocycles. The van der Waals surface area contributed by atoms with Crippen LogP contribution >= 0.6 is 0 Å². The SMILES string of the molecule is Cn1c(=O)c(C#N)c(N2CCC(c3cccc(N=S(C)(C)=O)c3)CC2)c2ccccc21. The number of rotatable bonds is 3. The molecule has 1 aliphatic rings. The first-order chi connectivity index (χ1) is 14.8. The molecule has 7 heteroatoms. The number of anilines is 1. The average Bonchev–Trinajstić information content (AvgIpc) is 2.75. The highest BCUT2D eigenvalue weighted by Crippen LogP contribution is 2.35. The van der Waals surface area contributed by atoms with Gasteiger partial charge in [-0.25, -0.2) is 4.21 Å². The average molecular weight is 435 g/mol. The van der Waals surface area contributed by atoms with E-state index >= 15 is 0 Å². The Balaban J connectivity index is 1.65. The van der Waals surface area contributed by atoms with E-state index in [0.717, 1.165) is 48.2 Å². The molecule has 2 heterocycles. The van der Waals surface area contributed by atoms with Crippen LogP contribution in [0.15, 0.2) is 57.7 Å². The third-order valence-corrected chi connectivity index (χ3v) is 6.52. The van der Waals surface area contributed by atoms with Crippen molar-refractivity contribution >= 4 is 32.0 Å². The monoisotopic (exact) mass is 434 g/mol. The summed E-state index contributed by atoms with van der Waals surface area (Å²) in [5, 5.41) is 10.7. The van der Waals surface area contributed by atoms with Crippen molar-refractivity contribution in [3.05, 3.63) is 70.0 Å². The van der Waals surface area contributed by atoms with E-state index in [0.29, 0.717) is 5.92 Å². The number of nitrogens with zero attached hydrogens (tertiary/aromatic N) is 4. The van der Waals surface area contributed by atoms with Crippen LogP contribution in [0.4, 0.5) is 11.4 Å². The van der Waals surface area contributed by atoms with Crippen LogP contribution in [-0.2, 0) is 16.8 Å². The predicted octanol–water partition coefficient (Wildman–Crippen LogP) is 4.15. The Morgan fingerprint density at radius 2 is 1.81 bits per heavy atom. The first-order valence-electron chi connectivity index (χ1n) is 10.3. The lowest BCUT2D eigenvalue weighted by atomic mass is 9.88. The van der Waals surface area contributed by atoms with Crippen molar-refractivity contribution in [1.82, 2.24) is 4.57 Å². The van der Waals surface area contributed by atoms with Gasteiger partial charge in [-0.3, -0.25) is 4.79 Å². The number of benzene rings is 2. The minimum atomic E-state index is -2.20. The van der Waals surface area contributed by atoms with Gasteiger partial charge in [0.25, 0.3) is 5.56 Å². The van der Waals surface area contributed by atoms with E-state index in [1.807, 2.05) is 42.5 Å². The second kappa shape index (κ2) is 8.20. The molecule has 0 unspecified atom stereocenters. The summed E-state index contributed by atoms with van der Waals surface area (Å²) in [6.07, 6.45) is 5.09. The van der Waals surface area contributed by atoms with Gasteiger partial charge in [-0.15, -0.1) is 0 Å². The van der Waals surface area contributed by atoms with Crippen molar-refractivity contribution in [1.29, 1.82) is 5.26 Å². The summed E-state index contributed by atoms with van der Waals surface area (Å²) in [4.78, 5) is 15.0. The van der Waals surface area contributed by atoms with Crippen LogP contribution in [0.2, 0.25) is 0 Å². The number of fused-ring (bicyclic) bond motifs is 1. The Bertz CT molecular complexity index is 1360. The second-order valence-electron chi connectivity index (χ2n) is 8.35. The van der Waals surface area contributed by atoms with Gasteiger partial charge in [0.15, 0.2) is 0 Å². The van der Waals surface area contributed by atoms with Crippen LogP contribution in [0.1, 0.15) is 29.9 Å². The second-order valence-corrected chi connectivity index (χ2v) is 10.9. The Morgan fingerprint density at radius 3 is 2.48 bits per heavy atom. The lowest BCUT2D eigenvalue weighted by molar-refractivity contribution is 0.506. The molecule has 31 heavy (non-hydrogen) atoms. The first-order valence-corrected chi connectivity index (χ1v) is 12.7. The summed E-state index contributed by atoms with van der Waals surface area (Å²) in [6.45, 7) is 1.52. The van der Waals surface area contributed by atoms with E-state index in [9.17, 15) is 14.3 Å². The van der Waals surface area contributed by atoms with Crippen molar-refractivity contribution in [3.63, 3.8) is 0 Å². The number of aromatic nitrogens is 1. The number of nitriles is 1. The van der Waals surface area contributed by atoms with Gasteiger partial charge in [-0.1, -0.05) is 30.3 Å². The Morgan fingerprint density at radius 1 is 1.10 bits per heavy atom. The van der Waals surface area contributed by atoms with Crippen LogP contribution < -0.4 is 10.5 Å². The van der Waals surface area contributed by atoms with Crippen molar-refractivity contribution in [2.24, 2.45) is 11.4 Å². The van der Waals surface area contributed by atoms with Gasteiger partial charge in [0, 0.05) is 47.8 Å². The lowest BCUT2D eigenvalue weighted by Crippen LogP contribution is -2.35. The molecule has 6 nitrogen and oxygen atoms in total. The molecule has 0 spiro atoms. The molecule has 1 aromatic heterocycles. The molecule has 1 fully saturated rings.